The summed E-state index contributed by atoms with van der Waals surface area (Å²) in [6.45, 7) is 2.38. The Balaban J connectivity index is 2.15. The van der Waals surface area contributed by atoms with Crippen molar-refractivity contribution >= 4 is 11.6 Å². The molecule has 0 aliphatic carbocycles. The van der Waals surface area contributed by atoms with Crippen LogP contribution in [0.25, 0.3) is 0 Å². The Labute approximate surface area is 129 Å². The third kappa shape index (κ3) is 3.69. The van der Waals surface area contributed by atoms with Gasteiger partial charge in [-0.25, -0.2) is 0 Å². The number of hydrogen-bond acceptors (Lipinski definition) is 4. The number of anilines is 1. The molecular formula is C17H19NO4. The highest BCUT2D eigenvalue weighted by atomic mass is 16.5. The summed E-state index contributed by atoms with van der Waals surface area (Å²) < 4.78 is 15.8. The van der Waals surface area contributed by atoms with Crippen LogP contribution in [0.1, 0.15) is 17.3 Å². The fourth-order valence-corrected chi connectivity index (χ4v) is 1.96. The minimum absolute atomic E-state index is 0.214. The van der Waals surface area contributed by atoms with Gasteiger partial charge in [0.2, 0.25) is 0 Å². The van der Waals surface area contributed by atoms with Crippen LogP contribution in [0.4, 0.5) is 5.69 Å². The quantitative estimate of drug-likeness (QED) is 0.889. The van der Waals surface area contributed by atoms with Crippen molar-refractivity contribution in [2.45, 2.75) is 6.92 Å². The van der Waals surface area contributed by atoms with E-state index in [0.29, 0.717) is 29.4 Å². The normalized spacial score (nSPS) is 9.95. The highest BCUT2D eigenvalue weighted by molar-refractivity contribution is 6.04. The number of carbonyl (C=O) groups is 1. The van der Waals surface area contributed by atoms with E-state index in [-0.39, 0.29) is 5.91 Å². The summed E-state index contributed by atoms with van der Waals surface area (Å²) >= 11 is 0. The van der Waals surface area contributed by atoms with Crippen LogP contribution in [0.5, 0.6) is 17.2 Å². The lowest BCUT2D eigenvalue weighted by atomic mass is 10.2. The fraction of sp³-hybridized carbons (Fsp3) is 0.235. The zero-order valence-corrected chi connectivity index (χ0v) is 12.9. The Morgan fingerprint density at radius 1 is 1.00 bits per heavy atom. The predicted molar refractivity (Wildman–Crippen MR) is 85.1 cm³/mol. The van der Waals surface area contributed by atoms with Crippen LogP contribution in [-0.2, 0) is 0 Å². The van der Waals surface area contributed by atoms with E-state index in [1.807, 2.05) is 6.92 Å². The molecule has 2 rings (SSSR count). The first-order chi connectivity index (χ1) is 10.7. The average molecular weight is 301 g/mol. The van der Waals surface area contributed by atoms with Crippen molar-refractivity contribution in [3.8, 4) is 17.2 Å². The van der Waals surface area contributed by atoms with Crippen molar-refractivity contribution in [2.75, 3.05) is 26.1 Å². The number of benzene rings is 2. The molecule has 0 aliphatic rings. The molecular weight excluding hydrogens is 282 g/mol. The molecule has 0 fully saturated rings. The molecule has 116 valence electrons. The van der Waals surface area contributed by atoms with Gasteiger partial charge >= 0.3 is 0 Å². The van der Waals surface area contributed by atoms with Gasteiger partial charge in [0.25, 0.3) is 5.91 Å². The molecule has 1 N–H and O–H groups in total. The second kappa shape index (κ2) is 7.36. The lowest BCUT2D eigenvalue weighted by molar-refractivity contribution is 0.102. The van der Waals surface area contributed by atoms with Crippen LogP contribution in [0.3, 0.4) is 0 Å². The van der Waals surface area contributed by atoms with Gasteiger partial charge in [-0.3, -0.25) is 4.79 Å². The summed E-state index contributed by atoms with van der Waals surface area (Å²) in [5.41, 5.74) is 1.19. The van der Waals surface area contributed by atoms with Crippen molar-refractivity contribution in [3.05, 3.63) is 48.0 Å². The number of nitrogens with one attached hydrogen (secondary N) is 1. The number of rotatable bonds is 6. The number of hydrogen-bond donors (Lipinski definition) is 1. The van der Waals surface area contributed by atoms with Crippen LogP contribution >= 0.6 is 0 Å². The van der Waals surface area contributed by atoms with Crippen LogP contribution in [0.15, 0.2) is 42.5 Å². The third-order valence-corrected chi connectivity index (χ3v) is 3.07. The molecule has 0 heterocycles. The molecule has 0 spiro atoms. The Kier molecular flexibility index (Phi) is 5.25. The molecule has 0 bridgehead atoms. The van der Waals surface area contributed by atoms with Crippen molar-refractivity contribution in [3.63, 3.8) is 0 Å². The molecule has 2 aromatic carbocycles. The maximum absolute atomic E-state index is 12.3. The first kappa shape index (κ1) is 15.7. The Bertz CT molecular complexity index is 638. The molecule has 0 atom stereocenters. The van der Waals surface area contributed by atoms with E-state index in [0.717, 1.165) is 5.75 Å². The van der Waals surface area contributed by atoms with Gasteiger partial charge in [0.15, 0.2) is 11.5 Å². The molecule has 5 heteroatoms. The van der Waals surface area contributed by atoms with Gasteiger partial charge in [-0.05, 0) is 49.4 Å². The van der Waals surface area contributed by atoms with E-state index in [1.54, 1.807) is 56.7 Å². The third-order valence-electron chi connectivity index (χ3n) is 3.07. The summed E-state index contributed by atoms with van der Waals surface area (Å²) in [6, 6.07) is 12.2. The molecule has 0 unspecified atom stereocenters. The summed E-state index contributed by atoms with van der Waals surface area (Å²) in [7, 11) is 3.16. The smallest absolute Gasteiger partial charge is 0.255 e. The number of amides is 1. The van der Waals surface area contributed by atoms with E-state index in [4.69, 9.17) is 14.2 Å². The largest absolute Gasteiger partial charge is 0.497 e. The van der Waals surface area contributed by atoms with Crippen molar-refractivity contribution < 1.29 is 19.0 Å². The lowest BCUT2D eigenvalue weighted by Crippen LogP contribution is -2.12. The molecule has 1 amide bonds. The van der Waals surface area contributed by atoms with Crippen LogP contribution in [-0.4, -0.2) is 26.7 Å². The zero-order chi connectivity index (χ0) is 15.9. The predicted octanol–water partition coefficient (Wildman–Crippen LogP) is 3.35. The maximum atomic E-state index is 12.3. The van der Waals surface area contributed by atoms with E-state index in [9.17, 15) is 4.79 Å². The number of ether oxygens (including phenoxy) is 3. The lowest BCUT2D eigenvalue weighted by Gasteiger charge is -2.11. The Morgan fingerprint density at radius 2 is 1.73 bits per heavy atom. The molecule has 0 saturated heterocycles. The van der Waals surface area contributed by atoms with Gasteiger partial charge in [-0.15, -0.1) is 0 Å². The van der Waals surface area contributed by atoms with Crippen molar-refractivity contribution in [1.29, 1.82) is 0 Å². The molecule has 2 aromatic rings. The topological polar surface area (TPSA) is 56.8 Å². The minimum Gasteiger partial charge on any atom is -0.497 e. The van der Waals surface area contributed by atoms with Gasteiger partial charge in [-0.2, -0.15) is 0 Å². The van der Waals surface area contributed by atoms with E-state index in [1.165, 1.54) is 0 Å². The molecule has 5 nitrogen and oxygen atoms in total. The highest BCUT2D eigenvalue weighted by Gasteiger charge is 2.11. The minimum atomic E-state index is -0.214. The first-order valence-electron chi connectivity index (χ1n) is 6.94. The van der Waals surface area contributed by atoms with Crippen LogP contribution in [0, 0.1) is 0 Å². The van der Waals surface area contributed by atoms with Crippen molar-refractivity contribution in [1.82, 2.24) is 0 Å². The highest BCUT2D eigenvalue weighted by Crippen LogP contribution is 2.28. The maximum Gasteiger partial charge on any atom is 0.255 e. The summed E-state index contributed by atoms with van der Waals surface area (Å²) in [5.74, 6) is 1.67. The monoisotopic (exact) mass is 301 g/mol. The molecule has 0 saturated carbocycles. The van der Waals surface area contributed by atoms with Crippen LogP contribution in [0.2, 0.25) is 0 Å². The molecule has 0 radical (unpaired) electrons. The Morgan fingerprint density at radius 3 is 2.32 bits per heavy atom. The standard InChI is InChI=1S/C17H19NO4/c1-4-22-16-11-12(5-10-15(16)21-3)17(19)18-13-6-8-14(20-2)9-7-13/h5-11H,4H2,1-3H3,(H,18,19). The summed E-state index contributed by atoms with van der Waals surface area (Å²) in [5, 5.41) is 2.83. The van der Waals surface area contributed by atoms with Gasteiger partial charge in [0.1, 0.15) is 5.75 Å². The van der Waals surface area contributed by atoms with Gasteiger partial charge < -0.3 is 19.5 Å². The van der Waals surface area contributed by atoms with E-state index >= 15 is 0 Å². The van der Waals surface area contributed by atoms with Gasteiger partial charge in [-0.1, -0.05) is 0 Å². The SMILES string of the molecule is CCOc1cc(C(=O)Nc2ccc(OC)cc2)ccc1OC. The van der Waals surface area contributed by atoms with Crippen molar-refractivity contribution in [2.24, 2.45) is 0 Å². The number of methoxy groups -OCH3 is 2. The van der Waals surface area contributed by atoms with E-state index in [2.05, 4.69) is 5.32 Å². The van der Waals surface area contributed by atoms with E-state index < -0.39 is 0 Å². The van der Waals surface area contributed by atoms with Crippen LogP contribution < -0.4 is 19.5 Å². The fourth-order valence-electron chi connectivity index (χ4n) is 1.96. The molecule has 0 aliphatic heterocycles. The van der Waals surface area contributed by atoms with Gasteiger partial charge in [0, 0.05) is 11.3 Å². The first-order valence-corrected chi connectivity index (χ1v) is 6.94. The van der Waals surface area contributed by atoms with Gasteiger partial charge in [0.05, 0.1) is 20.8 Å². The summed E-state index contributed by atoms with van der Waals surface area (Å²) in [6.07, 6.45) is 0. The second-order valence-electron chi connectivity index (χ2n) is 4.48. The second-order valence-corrected chi connectivity index (χ2v) is 4.48. The average Bonchev–Trinajstić information content (AvgIpc) is 2.55. The Hall–Kier alpha value is -2.69. The molecule has 0 aromatic heterocycles. The summed E-state index contributed by atoms with van der Waals surface area (Å²) in [4.78, 5) is 12.3. The number of carbonyl (C=O) groups excluding carboxylic acids is 1. The zero-order valence-electron chi connectivity index (χ0n) is 12.9. The molecule has 22 heavy (non-hydrogen) atoms.